The predicted octanol–water partition coefficient (Wildman–Crippen LogP) is 5.08. The van der Waals surface area contributed by atoms with Crippen molar-refractivity contribution >= 4 is 34.8 Å². The highest BCUT2D eigenvalue weighted by Crippen LogP contribution is 2.30. The average Bonchev–Trinajstić information content (AvgIpc) is 2.50. The van der Waals surface area contributed by atoms with E-state index in [0.29, 0.717) is 16.6 Å². The van der Waals surface area contributed by atoms with E-state index in [-0.39, 0.29) is 12.2 Å². The Kier molecular flexibility index (Phi) is 6.32. The van der Waals surface area contributed by atoms with Crippen molar-refractivity contribution in [3.63, 3.8) is 0 Å². The molecule has 0 aromatic heterocycles. The number of halogens is 5. The van der Waals surface area contributed by atoms with Gasteiger partial charge in [-0.3, -0.25) is 9.69 Å². The molecule has 0 saturated heterocycles. The lowest BCUT2D eigenvalue weighted by Crippen LogP contribution is -2.29. The highest BCUT2D eigenvalue weighted by molar-refractivity contribution is 6.42. The zero-order chi connectivity index (χ0) is 18.6. The Labute approximate surface area is 153 Å². The van der Waals surface area contributed by atoms with E-state index in [0.717, 1.165) is 17.7 Å². The minimum Gasteiger partial charge on any atom is -0.325 e. The first kappa shape index (κ1) is 19.6. The van der Waals surface area contributed by atoms with Crippen LogP contribution in [0.4, 0.5) is 18.9 Å². The van der Waals surface area contributed by atoms with E-state index in [1.165, 1.54) is 12.1 Å². The van der Waals surface area contributed by atoms with Crippen LogP contribution >= 0.6 is 23.2 Å². The molecule has 0 radical (unpaired) electrons. The molecule has 25 heavy (non-hydrogen) atoms. The zero-order valence-corrected chi connectivity index (χ0v) is 14.7. The molecule has 0 saturated carbocycles. The van der Waals surface area contributed by atoms with E-state index >= 15 is 0 Å². The molecule has 1 N–H and O–H groups in total. The van der Waals surface area contributed by atoms with Gasteiger partial charge in [-0.05, 0) is 42.9 Å². The lowest BCUT2D eigenvalue weighted by Gasteiger charge is -2.17. The first-order valence-electron chi connectivity index (χ1n) is 7.25. The van der Waals surface area contributed by atoms with Crippen molar-refractivity contribution in [1.82, 2.24) is 4.90 Å². The second-order valence-corrected chi connectivity index (χ2v) is 6.36. The lowest BCUT2D eigenvalue weighted by atomic mass is 10.2. The second-order valence-electron chi connectivity index (χ2n) is 5.55. The van der Waals surface area contributed by atoms with E-state index in [4.69, 9.17) is 23.2 Å². The molecule has 0 bridgehead atoms. The largest absolute Gasteiger partial charge is 0.416 e. The van der Waals surface area contributed by atoms with E-state index in [9.17, 15) is 18.0 Å². The van der Waals surface area contributed by atoms with Gasteiger partial charge in [-0.1, -0.05) is 35.3 Å². The molecule has 1 amide bonds. The number of anilines is 1. The molecule has 2 aromatic rings. The van der Waals surface area contributed by atoms with E-state index < -0.39 is 17.6 Å². The van der Waals surface area contributed by atoms with Gasteiger partial charge in [-0.25, -0.2) is 0 Å². The van der Waals surface area contributed by atoms with Gasteiger partial charge in [-0.2, -0.15) is 13.2 Å². The molecule has 0 aliphatic heterocycles. The summed E-state index contributed by atoms with van der Waals surface area (Å²) in [6.07, 6.45) is -4.45. The van der Waals surface area contributed by atoms with Crippen LogP contribution in [0.3, 0.4) is 0 Å². The van der Waals surface area contributed by atoms with Gasteiger partial charge in [0.15, 0.2) is 0 Å². The van der Waals surface area contributed by atoms with Crippen molar-refractivity contribution in [1.29, 1.82) is 0 Å². The van der Waals surface area contributed by atoms with Crippen molar-refractivity contribution in [2.45, 2.75) is 12.7 Å². The summed E-state index contributed by atoms with van der Waals surface area (Å²) >= 11 is 11.8. The van der Waals surface area contributed by atoms with Crippen LogP contribution in [0.2, 0.25) is 10.0 Å². The SMILES string of the molecule is CN(CC(=O)Nc1cccc(C(F)(F)F)c1)Cc1ccc(Cl)c(Cl)c1. The smallest absolute Gasteiger partial charge is 0.325 e. The molecule has 0 fully saturated rings. The van der Waals surface area contributed by atoms with E-state index in [1.807, 2.05) is 0 Å². The Balaban J connectivity index is 1.94. The number of nitrogens with zero attached hydrogens (tertiary/aromatic N) is 1. The second kappa shape index (κ2) is 8.08. The molecule has 0 unspecified atom stereocenters. The molecular formula is C17H15Cl2F3N2O. The molecule has 2 rings (SSSR count). The van der Waals surface area contributed by atoms with Gasteiger partial charge in [0.25, 0.3) is 0 Å². The van der Waals surface area contributed by atoms with Gasteiger partial charge >= 0.3 is 6.18 Å². The van der Waals surface area contributed by atoms with Crippen LogP contribution < -0.4 is 5.32 Å². The number of hydrogen-bond donors (Lipinski definition) is 1. The minimum atomic E-state index is -4.45. The molecular weight excluding hydrogens is 376 g/mol. The molecule has 2 aromatic carbocycles. The first-order chi connectivity index (χ1) is 11.6. The van der Waals surface area contributed by atoms with Crippen LogP contribution in [0.15, 0.2) is 42.5 Å². The summed E-state index contributed by atoms with van der Waals surface area (Å²) in [4.78, 5) is 13.7. The number of carbonyl (C=O) groups excluding carboxylic acids is 1. The third-order valence-corrected chi connectivity index (χ3v) is 4.06. The maximum atomic E-state index is 12.7. The molecule has 134 valence electrons. The quantitative estimate of drug-likeness (QED) is 0.771. The van der Waals surface area contributed by atoms with Crippen LogP contribution in [0.25, 0.3) is 0 Å². The van der Waals surface area contributed by atoms with Crippen LogP contribution in [0.5, 0.6) is 0 Å². The summed E-state index contributed by atoms with van der Waals surface area (Å²) in [7, 11) is 1.72. The first-order valence-corrected chi connectivity index (χ1v) is 8.00. The predicted molar refractivity (Wildman–Crippen MR) is 92.9 cm³/mol. The number of carbonyl (C=O) groups is 1. The number of likely N-dealkylation sites (N-methyl/N-ethyl adjacent to an activating group) is 1. The molecule has 0 aliphatic rings. The van der Waals surface area contributed by atoms with E-state index in [1.54, 1.807) is 30.1 Å². The average molecular weight is 391 g/mol. The summed E-state index contributed by atoms with van der Waals surface area (Å²) in [5.41, 5.74) is 0.154. The standard InChI is InChI=1S/C17H15Cl2F3N2O/c1-24(9-11-5-6-14(18)15(19)7-11)10-16(25)23-13-4-2-3-12(8-13)17(20,21)22/h2-8H,9-10H2,1H3,(H,23,25). The normalized spacial score (nSPS) is 11.6. The maximum absolute atomic E-state index is 12.7. The minimum absolute atomic E-state index is 0.0104. The fraction of sp³-hybridized carbons (Fsp3) is 0.235. The monoisotopic (exact) mass is 390 g/mol. The summed E-state index contributed by atoms with van der Waals surface area (Å²) < 4.78 is 38.0. The van der Waals surface area contributed by atoms with Crippen molar-refractivity contribution in [3.8, 4) is 0 Å². The van der Waals surface area contributed by atoms with Crippen LogP contribution in [-0.2, 0) is 17.5 Å². The highest BCUT2D eigenvalue weighted by Gasteiger charge is 2.30. The highest BCUT2D eigenvalue weighted by atomic mass is 35.5. The number of alkyl halides is 3. The lowest BCUT2D eigenvalue weighted by molar-refractivity contribution is -0.137. The van der Waals surface area contributed by atoms with E-state index in [2.05, 4.69) is 5.32 Å². The third kappa shape index (κ3) is 5.92. The Morgan fingerprint density at radius 1 is 1.12 bits per heavy atom. The van der Waals surface area contributed by atoms with Crippen molar-refractivity contribution < 1.29 is 18.0 Å². The van der Waals surface area contributed by atoms with Gasteiger partial charge < -0.3 is 5.32 Å². The topological polar surface area (TPSA) is 32.3 Å². The number of hydrogen-bond acceptors (Lipinski definition) is 2. The van der Waals surface area contributed by atoms with Gasteiger partial charge in [0.1, 0.15) is 0 Å². The van der Waals surface area contributed by atoms with Crippen molar-refractivity contribution in [3.05, 3.63) is 63.6 Å². The fourth-order valence-corrected chi connectivity index (χ4v) is 2.55. The molecule has 0 spiro atoms. The summed E-state index contributed by atoms with van der Waals surface area (Å²) in [5, 5.41) is 3.32. The Morgan fingerprint density at radius 3 is 2.48 bits per heavy atom. The number of nitrogens with one attached hydrogen (secondary N) is 1. The number of benzene rings is 2. The summed E-state index contributed by atoms with van der Waals surface area (Å²) in [6.45, 7) is 0.448. The Bertz CT molecular complexity index is 766. The molecule has 3 nitrogen and oxygen atoms in total. The fourth-order valence-electron chi connectivity index (χ4n) is 2.22. The van der Waals surface area contributed by atoms with Gasteiger partial charge in [0.2, 0.25) is 5.91 Å². The van der Waals surface area contributed by atoms with Crippen molar-refractivity contribution in [2.24, 2.45) is 0 Å². The van der Waals surface area contributed by atoms with Gasteiger partial charge in [0.05, 0.1) is 22.2 Å². The maximum Gasteiger partial charge on any atom is 0.416 e. The van der Waals surface area contributed by atoms with Crippen LogP contribution in [0, 0.1) is 0 Å². The third-order valence-electron chi connectivity index (χ3n) is 3.32. The van der Waals surface area contributed by atoms with Crippen LogP contribution in [-0.4, -0.2) is 24.4 Å². The summed E-state index contributed by atoms with van der Waals surface area (Å²) in [6, 6.07) is 9.66. The molecule has 0 atom stereocenters. The molecule has 0 aliphatic carbocycles. The summed E-state index contributed by atoms with van der Waals surface area (Å²) in [5.74, 6) is -0.415. The number of rotatable bonds is 5. The Hall–Kier alpha value is -1.76. The van der Waals surface area contributed by atoms with Crippen molar-refractivity contribution in [2.75, 3.05) is 18.9 Å². The van der Waals surface area contributed by atoms with Gasteiger partial charge in [0, 0.05) is 12.2 Å². The molecule has 8 heteroatoms. The number of amides is 1. The molecule has 0 heterocycles. The van der Waals surface area contributed by atoms with Gasteiger partial charge in [-0.15, -0.1) is 0 Å². The zero-order valence-electron chi connectivity index (χ0n) is 13.2. The van der Waals surface area contributed by atoms with Crippen LogP contribution in [0.1, 0.15) is 11.1 Å². The Morgan fingerprint density at radius 2 is 1.84 bits per heavy atom.